The highest BCUT2D eigenvalue weighted by atomic mass is 16.2. The summed E-state index contributed by atoms with van der Waals surface area (Å²) in [7, 11) is 0. The Morgan fingerprint density at radius 2 is 1.52 bits per heavy atom. The second kappa shape index (κ2) is 21.6. The van der Waals surface area contributed by atoms with Crippen LogP contribution in [0.15, 0.2) is 67.2 Å². The van der Waals surface area contributed by atoms with Gasteiger partial charge in [-0.05, 0) is 43.6 Å². The summed E-state index contributed by atoms with van der Waals surface area (Å²) in [6.45, 7) is 0.0611. The minimum absolute atomic E-state index is 0.0549. The van der Waals surface area contributed by atoms with Gasteiger partial charge in [0.1, 0.15) is 29.9 Å². The fraction of sp³-hybridized carbons (Fsp3) is 0.447. The Hall–Kier alpha value is -5.93. The normalized spacial score (nSPS) is 22.5. The number of carbonyl (C=O) groups is 7. The monoisotopic (exact) mass is 743 g/mol. The van der Waals surface area contributed by atoms with Gasteiger partial charge in [0.2, 0.25) is 35.4 Å². The number of rotatable bonds is 11. The Labute approximate surface area is 314 Å². The van der Waals surface area contributed by atoms with Crippen molar-refractivity contribution in [3.63, 3.8) is 0 Å². The molecule has 7 amide bonds. The third kappa shape index (κ3) is 13.9. The summed E-state index contributed by atoms with van der Waals surface area (Å²) < 4.78 is 0. The summed E-state index contributed by atoms with van der Waals surface area (Å²) in [4.78, 5) is 99.6. The minimum Gasteiger partial charge on any atom is -0.368 e. The lowest BCUT2D eigenvalue weighted by molar-refractivity contribution is -0.133. The van der Waals surface area contributed by atoms with E-state index in [0.29, 0.717) is 6.42 Å². The Morgan fingerprint density at radius 1 is 0.815 bits per heavy atom. The number of hydrogen-bond donors (Lipinski definition) is 7. The number of nitrogens with one attached hydrogen (secondary N) is 6. The topological polar surface area (TPSA) is 243 Å². The van der Waals surface area contributed by atoms with Gasteiger partial charge in [-0.2, -0.15) is 0 Å². The molecule has 4 unspecified atom stereocenters. The predicted octanol–water partition coefficient (Wildman–Crippen LogP) is 0.561. The van der Waals surface area contributed by atoms with E-state index < -0.39 is 65.5 Å². The fourth-order valence-electron chi connectivity index (χ4n) is 6.29. The van der Waals surface area contributed by atoms with Crippen LogP contribution in [-0.4, -0.2) is 88.6 Å². The largest absolute Gasteiger partial charge is 0.368 e. The first-order valence-corrected chi connectivity index (χ1v) is 18.3. The van der Waals surface area contributed by atoms with Crippen LogP contribution in [-0.2, 0) is 28.8 Å². The number of carbonyl (C=O) groups excluding carboxylic acids is 7. The maximum absolute atomic E-state index is 14.0. The number of nitrogens with zero attached hydrogens (tertiary/aromatic N) is 2. The molecule has 1 fully saturated rings. The van der Waals surface area contributed by atoms with E-state index in [9.17, 15) is 33.6 Å². The van der Waals surface area contributed by atoms with Crippen LogP contribution < -0.4 is 37.6 Å². The minimum atomic E-state index is -1.18. The molecule has 0 spiro atoms. The van der Waals surface area contributed by atoms with Crippen LogP contribution in [0, 0.1) is 5.92 Å². The number of nitrogens with two attached hydrogens (primary N) is 1. The lowest BCUT2D eigenvalue weighted by Gasteiger charge is -2.29. The second-order valence-corrected chi connectivity index (χ2v) is 13.3. The number of benzene rings is 1. The van der Waals surface area contributed by atoms with E-state index >= 15 is 0 Å². The number of hydrogen-bond acceptors (Lipinski definition) is 9. The van der Waals surface area contributed by atoms with Gasteiger partial charge in [0.25, 0.3) is 5.91 Å². The molecule has 1 aromatic carbocycles. The summed E-state index contributed by atoms with van der Waals surface area (Å²) in [6.07, 6.45) is 15.0. The molecule has 0 saturated heterocycles. The van der Waals surface area contributed by atoms with Gasteiger partial charge in [-0.25, -0.2) is 4.98 Å². The average Bonchev–Trinajstić information content (AvgIpc) is 3.17. The number of amides is 7. The van der Waals surface area contributed by atoms with Crippen molar-refractivity contribution >= 4 is 47.4 Å². The van der Waals surface area contributed by atoms with Gasteiger partial charge in [0.15, 0.2) is 0 Å². The van der Waals surface area contributed by atoms with Crippen molar-refractivity contribution in [1.82, 2.24) is 41.9 Å². The van der Waals surface area contributed by atoms with Crippen LogP contribution in [0.25, 0.3) is 6.08 Å². The van der Waals surface area contributed by atoms with E-state index in [1.165, 1.54) is 18.6 Å². The lowest BCUT2D eigenvalue weighted by atomic mass is 9.84. The van der Waals surface area contributed by atoms with E-state index in [-0.39, 0.29) is 50.4 Å². The van der Waals surface area contributed by atoms with E-state index in [4.69, 9.17) is 5.73 Å². The fourth-order valence-corrected chi connectivity index (χ4v) is 6.29. The summed E-state index contributed by atoms with van der Waals surface area (Å²) in [5.41, 5.74) is 6.49. The van der Waals surface area contributed by atoms with Crippen molar-refractivity contribution in [3.05, 3.63) is 78.4 Å². The summed E-state index contributed by atoms with van der Waals surface area (Å²) in [5.74, 6) is -4.47. The molecule has 2 aromatic rings. The van der Waals surface area contributed by atoms with E-state index in [2.05, 4.69) is 41.9 Å². The molecule has 1 aliphatic carbocycles. The highest BCUT2D eigenvalue weighted by Crippen LogP contribution is 2.27. The van der Waals surface area contributed by atoms with Gasteiger partial charge in [0.05, 0.1) is 6.20 Å². The highest BCUT2D eigenvalue weighted by Gasteiger charge is 2.32. The van der Waals surface area contributed by atoms with Crippen molar-refractivity contribution in [1.29, 1.82) is 0 Å². The van der Waals surface area contributed by atoms with Gasteiger partial charge in [-0.3, -0.25) is 38.5 Å². The third-order valence-electron chi connectivity index (χ3n) is 9.20. The molecule has 1 aliphatic heterocycles. The Kier molecular flexibility index (Phi) is 16.3. The molecule has 16 nitrogen and oxygen atoms in total. The molecule has 1 aromatic heterocycles. The van der Waals surface area contributed by atoms with Crippen LogP contribution in [0.1, 0.15) is 80.3 Å². The van der Waals surface area contributed by atoms with E-state index in [0.717, 1.165) is 49.8 Å². The summed E-state index contributed by atoms with van der Waals surface area (Å²) >= 11 is 0. The molecule has 4 rings (SSSR count). The Morgan fingerprint density at radius 3 is 2.22 bits per heavy atom. The van der Waals surface area contributed by atoms with Crippen molar-refractivity contribution in [3.8, 4) is 0 Å². The molecule has 4 atom stereocenters. The third-order valence-corrected chi connectivity index (χ3v) is 9.20. The quantitative estimate of drug-likeness (QED) is 0.159. The smallest absolute Gasteiger partial charge is 0.271 e. The average molecular weight is 744 g/mol. The van der Waals surface area contributed by atoms with Crippen LogP contribution in [0.5, 0.6) is 0 Å². The van der Waals surface area contributed by atoms with Gasteiger partial charge in [-0.1, -0.05) is 74.6 Å². The Bertz CT molecular complexity index is 1660. The predicted molar refractivity (Wildman–Crippen MR) is 199 cm³/mol. The highest BCUT2D eigenvalue weighted by molar-refractivity contribution is 6.00. The van der Waals surface area contributed by atoms with Crippen molar-refractivity contribution < 1.29 is 33.6 Å². The molecule has 0 radical (unpaired) electrons. The van der Waals surface area contributed by atoms with Gasteiger partial charge < -0.3 is 37.6 Å². The molecule has 2 aliphatic rings. The van der Waals surface area contributed by atoms with Crippen LogP contribution in [0.2, 0.25) is 0 Å². The zero-order chi connectivity index (χ0) is 38.7. The SMILES string of the molecule is NC(=O)C1CCNC(=O)C(CCCNC(=O)c2cnccn2)NC(=O)C(CC2CCCCC2)NC(=O)C(C/C=C/c2ccccc2)NC(=O)C=CC(=O)N1. The lowest BCUT2D eigenvalue weighted by Crippen LogP contribution is -2.57. The van der Waals surface area contributed by atoms with Gasteiger partial charge in [0, 0.05) is 37.6 Å². The first kappa shape index (κ1) is 40.8. The molecule has 0 bridgehead atoms. The number of aromatic nitrogens is 2. The second-order valence-electron chi connectivity index (χ2n) is 13.3. The maximum Gasteiger partial charge on any atom is 0.271 e. The molecular weight excluding hydrogens is 694 g/mol. The Balaban J connectivity index is 1.58. The van der Waals surface area contributed by atoms with Gasteiger partial charge in [-0.15, -0.1) is 0 Å². The molecule has 1 saturated carbocycles. The molecule has 16 heteroatoms. The summed E-state index contributed by atoms with van der Waals surface area (Å²) in [5, 5.41) is 16.1. The van der Waals surface area contributed by atoms with Crippen molar-refractivity contribution in [2.45, 2.75) is 88.4 Å². The van der Waals surface area contributed by atoms with Gasteiger partial charge >= 0.3 is 0 Å². The first-order chi connectivity index (χ1) is 26.1. The maximum atomic E-state index is 14.0. The first-order valence-electron chi connectivity index (χ1n) is 18.3. The molecular formula is C38H49N9O7. The van der Waals surface area contributed by atoms with Crippen molar-refractivity contribution in [2.24, 2.45) is 11.7 Å². The molecule has 8 N–H and O–H groups in total. The van der Waals surface area contributed by atoms with E-state index in [1.54, 1.807) is 12.2 Å². The molecule has 54 heavy (non-hydrogen) atoms. The zero-order valence-corrected chi connectivity index (χ0v) is 30.1. The number of primary amides is 1. The van der Waals surface area contributed by atoms with Crippen LogP contribution in [0.4, 0.5) is 0 Å². The zero-order valence-electron chi connectivity index (χ0n) is 30.1. The van der Waals surface area contributed by atoms with Crippen LogP contribution >= 0.6 is 0 Å². The standard InChI is InChI=1S/C38H49N9O7/c39-34(50)27-18-20-43-35(51)28(15-8-19-42-36(52)31-24-40-21-22-41-31)46-38(54)30(23-26-11-5-2-6-12-26)47-37(53)29(45-33(49)17-16-32(48)44-27)14-7-13-25-9-3-1-4-10-25/h1,3-4,7,9-10,13,16-17,21-22,24,26-30H,2,5-6,8,11-12,14-15,18-20,23H2,(H2,39,50)(H,42,52)(H,43,51)(H,44,48)(H,45,49)(H,46,54)(H,47,53)/b13-7+,17-16?. The molecule has 288 valence electrons. The van der Waals surface area contributed by atoms with E-state index in [1.807, 2.05) is 30.3 Å². The van der Waals surface area contributed by atoms with Crippen molar-refractivity contribution in [2.75, 3.05) is 13.1 Å². The van der Waals surface area contributed by atoms with Crippen LogP contribution in [0.3, 0.4) is 0 Å². The summed E-state index contributed by atoms with van der Waals surface area (Å²) in [6, 6.07) is 4.90. The molecule has 2 heterocycles.